The summed E-state index contributed by atoms with van der Waals surface area (Å²) < 4.78 is 0. The number of thioether (sulfide) groups is 2. The molecule has 3 aromatic carbocycles. The Kier molecular flexibility index (Phi) is 5.07. The summed E-state index contributed by atoms with van der Waals surface area (Å²) in [7, 11) is 0. The zero-order valence-corrected chi connectivity index (χ0v) is 17.5. The molecule has 3 heterocycles. The number of hydrogen-bond acceptors (Lipinski definition) is 2. The van der Waals surface area contributed by atoms with Crippen molar-refractivity contribution in [1.29, 1.82) is 0 Å². The third-order valence-corrected chi connectivity index (χ3v) is 7.11. The van der Waals surface area contributed by atoms with Gasteiger partial charge in [0.1, 0.15) is 0 Å². The Morgan fingerprint density at radius 1 is 0.577 bits per heavy atom. The Hall–Kier alpha value is -1.38. The first-order valence-electron chi connectivity index (χ1n) is 9.28. The second-order valence-corrected chi connectivity index (χ2v) is 10.3. The van der Waals surface area contributed by atoms with E-state index in [4.69, 9.17) is 0 Å². The predicted molar refractivity (Wildman–Crippen MR) is 119 cm³/mol. The molecule has 2 heteroatoms. The van der Waals surface area contributed by atoms with Gasteiger partial charge in [0.15, 0.2) is 0 Å². The van der Waals surface area contributed by atoms with Crippen molar-refractivity contribution in [2.75, 3.05) is 0 Å². The molecule has 26 heavy (non-hydrogen) atoms. The molecule has 0 fully saturated rings. The molecule has 0 saturated heterocycles. The lowest BCUT2D eigenvalue weighted by Crippen LogP contribution is -2.12. The Bertz CT molecular complexity index is 867. The molecule has 0 aromatic heterocycles. The minimum Gasteiger partial charge on any atom is -0.152 e. The Morgan fingerprint density at radius 3 is 1.50 bits per heavy atom. The van der Waals surface area contributed by atoms with Gasteiger partial charge in [0.25, 0.3) is 0 Å². The van der Waals surface area contributed by atoms with Crippen LogP contribution in [0.2, 0.25) is 0 Å². The summed E-state index contributed by atoms with van der Waals surface area (Å²) in [4.78, 5) is 0. The van der Waals surface area contributed by atoms with E-state index in [1.807, 2.05) is 23.5 Å². The third-order valence-electron chi connectivity index (χ3n) is 4.96. The summed E-state index contributed by atoms with van der Waals surface area (Å²) in [6.07, 6.45) is 0. The van der Waals surface area contributed by atoms with Gasteiger partial charge in [-0.05, 0) is 44.0 Å². The van der Waals surface area contributed by atoms with Crippen molar-refractivity contribution in [3.05, 3.63) is 82.4 Å². The monoisotopic (exact) mass is 378 g/mol. The van der Waals surface area contributed by atoms with Gasteiger partial charge < -0.3 is 0 Å². The van der Waals surface area contributed by atoms with Crippen LogP contribution in [0, 0.1) is 0 Å². The van der Waals surface area contributed by atoms with E-state index in [1.165, 1.54) is 38.6 Å². The van der Waals surface area contributed by atoms with E-state index in [9.17, 15) is 0 Å². The van der Waals surface area contributed by atoms with Gasteiger partial charge in [-0.1, -0.05) is 75.4 Å². The quantitative estimate of drug-likeness (QED) is 0.402. The smallest absolute Gasteiger partial charge is 0.0188 e. The van der Waals surface area contributed by atoms with Crippen LogP contribution in [-0.2, 0) is 28.4 Å². The number of rotatable bonds is 0. The minimum atomic E-state index is 0.199. The molecule has 3 aliphatic heterocycles. The van der Waals surface area contributed by atoms with Crippen LogP contribution in [0.4, 0.5) is 0 Å². The highest BCUT2D eigenvalue weighted by Crippen LogP contribution is 2.30. The Balaban J connectivity index is 1.70. The molecule has 6 bridgehead atoms. The highest BCUT2D eigenvalue weighted by Gasteiger charge is 2.15. The summed E-state index contributed by atoms with van der Waals surface area (Å²) in [6, 6.07) is 21.1. The number of fused-ring (bicyclic) bond motifs is 2. The summed E-state index contributed by atoms with van der Waals surface area (Å²) >= 11 is 4.04. The highest BCUT2D eigenvalue weighted by atomic mass is 32.2. The van der Waals surface area contributed by atoms with Gasteiger partial charge in [0.2, 0.25) is 0 Å². The summed E-state index contributed by atoms with van der Waals surface area (Å²) in [5, 5.41) is 2.73. The zero-order valence-electron chi connectivity index (χ0n) is 15.8. The van der Waals surface area contributed by atoms with Crippen molar-refractivity contribution in [3.8, 4) is 0 Å². The van der Waals surface area contributed by atoms with Crippen LogP contribution in [0.3, 0.4) is 0 Å². The first-order chi connectivity index (χ1) is 12.5. The molecular weight excluding hydrogens is 352 g/mol. The third kappa shape index (κ3) is 4.13. The fourth-order valence-corrected chi connectivity index (χ4v) is 5.30. The lowest BCUT2D eigenvalue weighted by atomic mass is 9.85. The molecule has 6 rings (SSSR count). The molecule has 134 valence electrons. The maximum atomic E-state index is 2.42. The largest absolute Gasteiger partial charge is 0.152 e. The predicted octanol–water partition coefficient (Wildman–Crippen LogP) is 7.32. The molecule has 0 saturated carbocycles. The lowest BCUT2D eigenvalue weighted by Gasteiger charge is -2.21. The first-order valence-corrected chi connectivity index (χ1v) is 11.6. The molecule has 0 nitrogen and oxygen atoms in total. The maximum absolute atomic E-state index is 2.42. The Morgan fingerprint density at radius 2 is 1.04 bits per heavy atom. The van der Waals surface area contributed by atoms with Crippen LogP contribution in [0.25, 0.3) is 10.8 Å². The zero-order chi connectivity index (χ0) is 18.1. The van der Waals surface area contributed by atoms with Gasteiger partial charge in [-0.3, -0.25) is 0 Å². The van der Waals surface area contributed by atoms with Gasteiger partial charge >= 0.3 is 0 Å². The standard InChI is InChI=1S/C24H26S2/c1-24(2,3)23-11-19-8-20(12-23)16-26-14-18-5-7-22-9-17(13-25-15-19)4-6-21(22)10-18/h4-12H,13-16H2,1-3H3. The molecule has 0 spiro atoms. The van der Waals surface area contributed by atoms with Crippen molar-refractivity contribution in [2.45, 2.75) is 49.2 Å². The number of benzene rings is 3. The van der Waals surface area contributed by atoms with Crippen LogP contribution in [0.5, 0.6) is 0 Å². The average Bonchev–Trinajstić information content (AvgIpc) is 2.61. The van der Waals surface area contributed by atoms with Crippen molar-refractivity contribution >= 4 is 34.3 Å². The van der Waals surface area contributed by atoms with Crippen LogP contribution in [0.15, 0.2) is 54.6 Å². The second kappa shape index (κ2) is 7.32. The minimum absolute atomic E-state index is 0.199. The highest BCUT2D eigenvalue weighted by molar-refractivity contribution is 7.98. The molecule has 0 aliphatic carbocycles. The van der Waals surface area contributed by atoms with E-state index in [0.717, 1.165) is 23.0 Å². The number of hydrogen-bond donors (Lipinski definition) is 0. The molecule has 3 aliphatic rings. The first kappa shape index (κ1) is 18.0. The van der Waals surface area contributed by atoms with Crippen LogP contribution >= 0.6 is 23.5 Å². The van der Waals surface area contributed by atoms with Gasteiger partial charge in [-0.15, -0.1) is 0 Å². The van der Waals surface area contributed by atoms with E-state index in [0.29, 0.717) is 0 Å². The average molecular weight is 379 g/mol. The van der Waals surface area contributed by atoms with E-state index in [1.54, 1.807) is 0 Å². The van der Waals surface area contributed by atoms with Crippen LogP contribution in [-0.4, -0.2) is 0 Å². The van der Waals surface area contributed by atoms with Crippen molar-refractivity contribution < 1.29 is 0 Å². The van der Waals surface area contributed by atoms with E-state index < -0.39 is 0 Å². The normalized spacial score (nSPS) is 15.3. The van der Waals surface area contributed by atoms with Gasteiger partial charge in [0, 0.05) is 23.0 Å². The maximum Gasteiger partial charge on any atom is 0.0188 e. The van der Waals surface area contributed by atoms with Crippen molar-refractivity contribution in [2.24, 2.45) is 0 Å². The summed E-state index contributed by atoms with van der Waals surface area (Å²) in [5.74, 6) is 4.30. The fraction of sp³-hybridized carbons (Fsp3) is 0.333. The molecule has 0 radical (unpaired) electrons. The molecule has 0 unspecified atom stereocenters. The molecular formula is C24H26S2. The van der Waals surface area contributed by atoms with E-state index in [2.05, 4.69) is 75.4 Å². The second-order valence-electron chi connectivity index (χ2n) is 8.29. The lowest BCUT2D eigenvalue weighted by molar-refractivity contribution is 0.589. The molecule has 0 N–H and O–H groups in total. The van der Waals surface area contributed by atoms with Crippen molar-refractivity contribution in [3.63, 3.8) is 0 Å². The molecule has 3 aromatic rings. The Labute approximate surface area is 165 Å². The summed E-state index contributed by atoms with van der Waals surface area (Å²) in [5.41, 5.74) is 7.44. The van der Waals surface area contributed by atoms with Crippen LogP contribution in [0.1, 0.15) is 48.6 Å². The van der Waals surface area contributed by atoms with E-state index in [-0.39, 0.29) is 5.41 Å². The SMILES string of the molecule is CC(C)(C)c1cc2cc(c1)CSCc1ccc3cc(ccc3c1)CSC2. The fourth-order valence-electron chi connectivity index (χ4n) is 3.46. The van der Waals surface area contributed by atoms with E-state index >= 15 is 0 Å². The van der Waals surface area contributed by atoms with Crippen molar-refractivity contribution in [1.82, 2.24) is 0 Å². The van der Waals surface area contributed by atoms with Gasteiger partial charge in [0.05, 0.1) is 0 Å². The molecule has 0 amide bonds. The topological polar surface area (TPSA) is 0 Å². The van der Waals surface area contributed by atoms with Crippen LogP contribution < -0.4 is 0 Å². The summed E-state index contributed by atoms with van der Waals surface area (Å²) in [6.45, 7) is 6.95. The van der Waals surface area contributed by atoms with Gasteiger partial charge in [-0.25, -0.2) is 0 Å². The van der Waals surface area contributed by atoms with Gasteiger partial charge in [-0.2, -0.15) is 23.5 Å². The molecule has 0 atom stereocenters.